The van der Waals surface area contributed by atoms with E-state index in [1.807, 2.05) is 0 Å². The molecule has 0 radical (unpaired) electrons. The number of likely N-dealkylation sites (tertiary alicyclic amines) is 1. The monoisotopic (exact) mass is 211 g/mol. The first-order valence-electron chi connectivity index (χ1n) is 6.59. The highest BCUT2D eigenvalue weighted by molar-refractivity contribution is 4.84. The van der Waals surface area contributed by atoms with E-state index in [2.05, 4.69) is 18.7 Å². The average Bonchev–Trinajstić information content (AvgIpc) is 2.58. The number of rotatable bonds is 2. The van der Waals surface area contributed by atoms with E-state index in [1.165, 1.54) is 32.2 Å². The minimum Gasteiger partial charge on any atom is -0.393 e. The highest BCUT2D eigenvalue weighted by Crippen LogP contribution is 2.31. The molecule has 4 atom stereocenters. The van der Waals surface area contributed by atoms with Gasteiger partial charge in [0, 0.05) is 12.6 Å². The molecule has 0 amide bonds. The van der Waals surface area contributed by atoms with Crippen LogP contribution in [0.25, 0.3) is 0 Å². The topological polar surface area (TPSA) is 23.5 Å². The Bertz CT molecular complexity index is 207. The molecule has 88 valence electrons. The van der Waals surface area contributed by atoms with E-state index in [0.29, 0.717) is 5.92 Å². The van der Waals surface area contributed by atoms with Crippen LogP contribution in [-0.2, 0) is 0 Å². The lowest BCUT2D eigenvalue weighted by molar-refractivity contribution is 0.0294. The van der Waals surface area contributed by atoms with Crippen molar-refractivity contribution >= 4 is 0 Å². The van der Waals surface area contributed by atoms with Crippen molar-refractivity contribution < 1.29 is 5.11 Å². The maximum absolute atomic E-state index is 10.0. The largest absolute Gasteiger partial charge is 0.393 e. The zero-order chi connectivity index (χ0) is 10.8. The zero-order valence-electron chi connectivity index (χ0n) is 10.2. The first-order valence-corrected chi connectivity index (χ1v) is 6.59. The van der Waals surface area contributed by atoms with Gasteiger partial charge in [0.25, 0.3) is 0 Å². The molecular weight excluding hydrogens is 186 g/mol. The highest BCUT2D eigenvalue weighted by atomic mass is 16.3. The molecule has 1 saturated carbocycles. The van der Waals surface area contributed by atoms with E-state index < -0.39 is 0 Å². The van der Waals surface area contributed by atoms with Crippen molar-refractivity contribution in [2.24, 2.45) is 11.8 Å². The van der Waals surface area contributed by atoms with Crippen molar-refractivity contribution in [2.45, 2.75) is 58.1 Å². The molecule has 2 heteroatoms. The average molecular weight is 211 g/mol. The maximum Gasteiger partial charge on any atom is 0.0580 e. The lowest BCUT2D eigenvalue weighted by atomic mass is 9.80. The molecule has 2 nitrogen and oxygen atoms in total. The quantitative estimate of drug-likeness (QED) is 0.757. The summed E-state index contributed by atoms with van der Waals surface area (Å²) >= 11 is 0. The van der Waals surface area contributed by atoms with Crippen LogP contribution in [0.4, 0.5) is 0 Å². The maximum atomic E-state index is 10.0. The summed E-state index contributed by atoms with van der Waals surface area (Å²) in [6, 6.07) is 0.745. The van der Waals surface area contributed by atoms with E-state index in [0.717, 1.165) is 24.9 Å². The van der Waals surface area contributed by atoms with Crippen molar-refractivity contribution in [3.8, 4) is 0 Å². The molecule has 2 aliphatic rings. The third-order valence-electron chi connectivity index (χ3n) is 4.36. The van der Waals surface area contributed by atoms with Crippen molar-refractivity contribution in [1.29, 1.82) is 0 Å². The Morgan fingerprint density at radius 3 is 2.67 bits per heavy atom. The molecule has 1 aliphatic carbocycles. The van der Waals surface area contributed by atoms with Gasteiger partial charge in [-0.2, -0.15) is 0 Å². The SMILES string of the molecule is CC1CCC(O)C(CN2CCCC2C)C1. The Morgan fingerprint density at radius 2 is 2.00 bits per heavy atom. The predicted molar refractivity (Wildman–Crippen MR) is 62.8 cm³/mol. The summed E-state index contributed by atoms with van der Waals surface area (Å²) in [6.07, 6.45) is 6.12. The fraction of sp³-hybridized carbons (Fsp3) is 1.00. The van der Waals surface area contributed by atoms with Gasteiger partial charge in [0.15, 0.2) is 0 Å². The molecule has 15 heavy (non-hydrogen) atoms. The van der Waals surface area contributed by atoms with E-state index in [-0.39, 0.29) is 6.10 Å². The van der Waals surface area contributed by atoms with Crippen LogP contribution < -0.4 is 0 Å². The molecule has 0 aromatic rings. The Kier molecular flexibility index (Phi) is 3.68. The summed E-state index contributed by atoms with van der Waals surface area (Å²) in [4.78, 5) is 2.58. The molecule has 0 aromatic heterocycles. The Balaban J connectivity index is 1.86. The molecule has 1 aliphatic heterocycles. The second kappa shape index (κ2) is 4.84. The van der Waals surface area contributed by atoms with Gasteiger partial charge < -0.3 is 10.0 Å². The summed E-state index contributed by atoms with van der Waals surface area (Å²) in [5, 5.41) is 10.0. The highest BCUT2D eigenvalue weighted by Gasteiger charge is 2.31. The van der Waals surface area contributed by atoms with Crippen LogP contribution in [0.3, 0.4) is 0 Å². The summed E-state index contributed by atoms with van der Waals surface area (Å²) in [7, 11) is 0. The van der Waals surface area contributed by atoms with Crippen LogP contribution in [0.2, 0.25) is 0 Å². The summed E-state index contributed by atoms with van der Waals surface area (Å²) in [5.41, 5.74) is 0. The lowest BCUT2D eigenvalue weighted by Gasteiger charge is -2.35. The van der Waals surface area contributed by atoms with Crippen LogP contribution in [0.1, 0.15) is 46.0 Å². The van der Waals surface area contributed by atoms with Crippen LogP contribution in [0.15, 0.2) is 0 Å². The second-order valence-corrected chi connectivity index (χ2v) is 5.73. The van der Waals surface area contributed by atoms with Crippen LogP contribution in [-0.4, -0.2) is 35.2 Å². The Labute approximate surface area is 93.7 Å². The van der Waals surface area contributed by atoms with Crippen LogP contribution in [0, 0.1) is 11.8 Å². The molecular formula is C13H25NO. The zero-order valence-corrected chi connectivity index (χ0v) is 10.2. The smallest absolute Gasteiger partial charge is 0.0580 e. The Hall–Kier alpha value is -0.0800. The normalized spacial score (nSPS) is 43.4. The minimum absolute atomic E-state index is 0.0333. The third kappa shape index (κ3) is 2.73. The second-order valence-electron chi connectivity index (χ2n) is 5.73. The fourth-order valence-electron chi connectivity index (χ4n) is 3.24. The Morgan fingerprint density at radius 1 is 1.20 bits per heavy atom. The number of aliphatic hydroxyl groups excluding tert-OH is 1. The molecule has 0 spiro atoms. The van der Waals surface area contributed by atoms with Gasteiger partial charge in [-0.1, -0.05) is 6.92 Å². The predicted octanol–water partition coefficient (Wildman–Crippen LogP) is 2.27. The third-order valence-corrected chi connectivity index (χ3v) is 4.36. The standard InChI is InChI=1S/C13H25NO/c1-10-5-6-13(15)12(8-10)9-14-7-3-4-11(14)2/h10-13,15H,3-9H2,1-2H3. The summed E-state index contributed by atoms with van der Waals surface area (Å²) < 4.78 is 0. The van der Waals surface area contributed by atoms with Gasteiger partial charge in [0.2, 0.25) is 0 Å². The van der Waals surface area contributed by atoms with Gasteiger partial charge in [0.05, 0.1) is 6.10 Å². The molecule has 0 aromatic carbocycles. The van der Waals surface area contributed by atoms with Crippen molar-refractivity contribution in [2.75, 3.05) is 13.1 Å². The van der Waals surface area contributed by atoms with Gasteiger partial charge in [0.1, 0.15) is 0 Å². The number of aliphatic hydroxyl groups is 1. The van der Waals surface area contributed by atoms with Gasteiger partial charge >= 0.3 is 0 Å². The molecule has 1 saturated heterocycles. The van der Waals surface area contributed by atoms with Gasteiger partial charge in [-0.05, 0) is 57.4 Å². The van der Waals surface area contributed by atoms with E-state index in [9.17, 15) is 5.11 Å². The first kappa shape index (κ1) is 11.4. The number of nitrogens with zero attached hydrogens (tertiary/aromatic N) is 1. The molecule has 2 rings (SSSR count). The molecule has 4 unspecified atom stereocenters. The van der Waals surface area contributed by atoms with Gasteiger partial charge in [-0.3, -0.25) is 0 Å². The van der Waals surface area contributed by atoms with Crippen LogP contribution >= 0.6 is 0 Å². The summed E-state index contributed by atoms with van der Waals surface area (Å²) in [5.74, 6) is 1.35. The molecule has 1 heterocycles. The molecule has 0 bridgehead atoms. The lowest BCUT2D eigenvalue weighted by Crippen LogP contribution is -2.39. The van der Waals surface area contributed by atoms with E-state index >= 15 is 0 Å². The minimum atomic E-state index is -0.0333. The van der Waals surface area contributed by atoms with Gasteiger partial charge in [-0.15, -0.1) is 0 Å². The number of hydrogen-bond acceptors (Lipinski definition) is 2. The number of hydrogen-bond donors (Lipinski definition) is 1. The molecule has 1 N–H and O–H groups in total. The molecule has 2 fully saturated rings. The van der Waals surface area contributed by atoms with Gasteiger partial charge in [-0.25, -0.2) is 0 Å². The van der Waals surface area contributed by atoms with Crippen molar-refractivity contribution in [1.82, 2.24) is 4.90 Å². The van der Waals surface area contributed by atoms with Crippen LogP contribution in [0.5, 0.6) is 0 Å². The van der Waals surface area contributed by atoms with E-state index in [1.54, 1.807) is 0 Å². The first-order chi connectivity index (χ1) is 7.16. The van der Waals surface area contributed by atoms with Crippen molar-refractivity contribution in [3.63, 3.8) is 0 Å². The fourth-order valence-corrected chi connectivity index (χ4v) is 3.24. The van der Waals surface area contributed by atoms with Crippen molar-refractivity contribution in [3.05, 3.63) is 0 Å². The summed E-state index contributed by atoms with van der Waals surface area (Å²) in [6.45, 7) is 7.03. The van der Waals surface area contributed by atoms with E-state index in [4.69, 9.17) is 0 Å².